The van der Waals surface area contributed by atoms with Gasteiger partial charge in [0.25, 0.3) is 0 Å². The Balaban J connectivity index is 2.23. The van der Waals surface area contributed by atoms with Gasteiger partial charge in [-0.3, -0.25) is 5.21 Å². The molecule has 124 valence electrons. The van der Waals surface area contributed by atoms with Gasteiger partial charge in [0.15, 0.2) is 7.05 Å². The van der Waals surface area contributed by atoms with Crippen LogP contribution >= 0.6 is 0 Å². The van der Waals surface area contributed by atoms with Crippen molar-refractivity contribution < 1.29 is 19.8 Å². The van der Waals surface area contributed by atoms with Gasteiger partial charge < -0.3 is 9.84 Å². The van der Waals surface area contributed by atoms with Crippen LogP contribution in [0.15, 0.2) is 36.9 Å². The summed E-state index contributed by atoms with van der Waals surface area (Å²) in [6.45, 7) is 5.79. The fourth-order valence-corrected chi connectivity index (χ4v) is 2.03. The minimum atomic E-state index is -0.779. The van der Waals surface area contributed by atoms with Crippen LogP contribution in [0.1, 0.15) is 32.6 Å². The number of rotatable bonds is 5. The van der Waals surface area contributed by atoms with Crippen LogP contribution in [-0.2, 0) is 0 Å². The number of aromatic nitrogens is 3. The molecule has 2 aromatic rings. The Morgan fingerprint density at radius 1 is 1.26 bits per heavy atom. The molecule has 0 saturated carbocycles. The van der Waals surface area contributed by atoms with E-state index in [2.05, 4.69) is 10.1 Å². The van der Waals surface area contributed by atoms with Crippen LogP contribution in [-0.4, -0.2) is 49.2 Å². The Labute approximate surface area is 135 Å². The van der Waals surface area contributed by atoms with E-state index in [1.54, 1.807) is 18.3 Å². The van der Waals surface area contributed by atoms with Crippen molar-refractivity contribution in [3.63, 3.8) is 0 Å². The number of hydroxylamine groups is 1. The van der Waals surface area contributed by atoms with Gasteiger partial charge in [-0.15, -0.1) is 0 Å². The number of hydrogen-bond acceptors (Lipinski definition) is 5. The molecular weight excluding hydrogens is 296 g/mol. The first-order chi connectivity index (χ1) is 10.8. The third kappa shape index (κ3) is 4.53. The highest BCUT2D eigenvalue weighted by Crippen LogP contribution is 2.30. The molecule has 2 atom stereocenters. The van der Waals surface area contributed by atoms with E-state index < -0.39 is 12.3 Å². The molecule has 0 fully saturated rings. The lowest BCUT2D eigenvalue weighted by atomic mass is 9.88. The minimum Gasteiger partial charge on any atom is -0.466 e. The molecule has 23 heavy (non-hydrogen) atoms. The molecule has 7 heteroatoms. The molecule has 0 bridgehead atoms. The predicted octanol–water partition coefficient (Wildman–Crippen LogP) is 1.71. The quantitative estimate of drug-likeness (QED) is 0.379. The van der Waals surface area contributed by atoms with Crippen molar-refractivity contribution in [2.24, 2.45) is 5.41 Å². The van der Waals surface area contributed by atoms with Crippen LogP contribution < -0.4 is 4.74 Å². The lowest BCUT2D eigenvalue weighted by Gasteiger charge is -2.32. The molecule has 1 heterocycles. The first-order valence-corrected chi connectivity index (χ1v) is 7.33. The van der Waals surface area contributed by atoms with Crippen LogP contribution in [0.25, 0.3) is 0 Å². The average molecular weight is 319 g/mol. The highest BCUT2D eigenvalue weighted by molar-refractivity contribution is 5.75. The molecule has 2 unspecified atom stereocenters. The zero-order chi connectivity index (χ0) is 17.0. The first kappa shape index (κ1) is 17.0. The summed E-state index contributed by atoms with van der Waals surface area (Å²) in [7, 11) is 1.53. The third-order valence-corrected chi connectivity index (χ3v) is 3.33. The summed E-state index contributed by atoms with van der Waals surface area (Å²) in [5.74, 6) is 0.589. The van der Waals surface area contributed by atoms with E-state index in [9.17, 15) is 10.3 Å². The monoisotopic (exact) mass is 319 g/mol. The predicted molar refractivity (Wildman–Crippen MR) is 84.7 cm³/mol. The van der Waals surface area contributed by atoms with Crippen molar-refractivity contribution >= 4 is 6.21 Å². The van der Waals surface area contributed by atoms with Gasteiger partial charge in [0.05, 0.1) is 0 Å². The van der Waals surface area contributed by atoms with Gasteiger partial charge in [0, 0.05) is 5.56 Å². The Morgan fingerprint density at radius 2 is 1.91 bits per heavy atom. The molecule has 0 saturated heterocycles. The van der Waals surface area contributed by atoms with E-state index in [-0.39, 0.29) is 5.41 Å². The van der Waals surface area contributed by atoms with Gasteiger partial charge in [0.2, 0.25) is 12.4 Å². The number of benzene rings is 1. The third-order valence-electron chi connectivity index (χ3n) is 3.33. The van der Waals surface area contributed by atoms with Crippen molar-refractivity contribution in [2.45, 2.75) is 33.1 Å². The second-order valence-corrected chi connectivity index (χ2v) is 6.47. The minimum absolute atomic E-state index is 0.385. The van der Waals surface area contributed by atoms with Gasteiger partial charge in [0.1, 0.15) is 24.5 Å². The molecule has 2 rings (SSSR count). The van der Waals surface area contributed by atoms with E-state index in [1.807, 2.05) is 32.9 Å². The molecule has 2 N–H and O–H groups in total. The highest BCUT2D eigenvalue weighted by Gasteiger charge is 2.34. The van der Waals surface area contributed by atoms with Gasteiger partial charge in [-0.05, 0) is 34.4 Å². The first-order valence-electron chi connectivity index (χ1n) is 7.33. The van der Waals surface area contributed by atoms with E-state index in [0.29, 0.717) is 5.75 Å². The molecule has 0 aliphatic heterocycles. The standard InChI is InChI=1S/C16H23N4O3/c1-16(2,3)14(21)15(20-11-17-10-18-20)23-13-7-5-12(6-8-13)9-19(4)22/h5-11,14-15,21-22H,1-4H3/q+1. The van der Waals surface area contributed by atoms with E-state index in [4.69, 9.17) is 4.74 Å². The molecule has 0 radical (unpaired) electrons. The molecule has 0 aliphatic carbocycles. The zero-order valence-corrected chi connectivity index (χ0v) is 13.8. The Bertz CT molecular complexity index is 641. The second kappa shape index (κ2) is 6.78. The van der Waals surface area contributed by atoms with Crippen molar-refractivity contribution in [1.82, 2.24) is 14.8 Å². The van der Waals surface area contributed by atoms with Crippen LogP contribution in [0.4, 0.5) is 0 Å². The number of ether oxygens (including phenoxy) is 1. The number of nitrogens with zero attached hydrogens (tertiary/aromatic N) is 4. The Hall–Kier alpha value is -2.41. The van der Waals surface area contributed by atoms with Gasteiger partial charge in [-0.25, -0.2) is 9.67 Å². The van der Waals surface area contributed by atoms with Crippen LogP contribution in [0.5, 0.6) is 5.75 Å². The lowest BCUT2D eigenvalue weighted by Crippen LogP contribution is -2.38. The highest BCUT2D eigenvalue weighted by atomic mass is 16.5. The largest absolute Gasteiger partial charge is 0.466 e. The Morgan fingerprint density at radius 3 is 2.39 bits per heavy atom. The van der Waals surface area contributed by atoms with Crippen molar-refractivity contribution in [1.29, 1.82) is 0 Å². The average Bonchev–Trinajstić information content (AvgIpc) is 2.98. The van der Waals surface area contributed by atoms with Crippen molar-refractivity contribution in [3.05, 3.63) is 42.5 Å². The summed E-state index contributed by atoms with van der Waals surface area (Å²) < 4.78 is 8.41. The van der Waals surface area contributed by atoms with Crippen LogP contribution in [0.2, 0.25) is 0 Å². The topological polar surface area (TPSA) is 83.4 Å². The van der Waals surface area contributed by atoms with Crippen molar-refractivity contribution in [3.8, 4) is 5.75 Å². The fraction of sp³-hybridized carbons (Fsp3) is 0.438. The summed E-state index contributed by atoms with van der Waals surface area (Å²) in [5, 5.41) is 23.9. The summed E-state index contributed by atoms with van der Waals surface area (Å²) in [5.41, 5.74) is 0.445. The fourth-order valence-electron chi connectivity index (χ4n) is 2.03. The van der Waals surface area contributed by atoms with Crippen molar-refractivity contribution in [2.75, 3.05) is 7.05 Å². The second-order valence-electron chi connectivity index (χ2n) is 6.47. The summed E-state index contributed by atoms with van der Waals surface area (Å²) in [4.78, 5) is 3.92. The van der Waals surface area contributed by atoms with Gasteiger partial charge in [-0.1, -0.05) is 20.8 Å². The Kier molecular flexibility index (Phi) is 5.00. The number of aliphatic hydroxyl groups is 1. The number of aliphatic hydroxyl groups excluding tert-OH is 1. The van der Waals surface area contributed by atoms with E-state index >= 15 is 0 Å². The molecule has 1 aromatic heterocycles. The summed E-state index contributed by atoms with van der Waals surface area (Å²) >= 11 is 0. The summed E-state index contributed by atoms with van der Waals surface area (Å²) in [6, 6.07) is 7.16. The molecule has 0 aliphatic rings. The van der Waals surface area contributed by atoms with Crippen LogP contribution in [0.3, 0.4) is 0 Å². The maximum absolute atomic E-state index is 10.6. The SMILES string of the molecule is C[N+](O)=Cc1ccc(OC(C(O)C(C)(C)C)n2cncn2)cc1. The smallest absolute Gasteiger partial charge is 0.222 e. The van der Waals surface area contributed by atoms with E-state index in [1.165, 1.54) is 24.4 Å². The van der Waals surface area contributed by atoms with Gasteiger partial charge >= 0.3 is 0 Å². The molecule has 7 nitrogen and oxygen atoms in total. The maximum atomic E-state index is 10.6. The van der Waals surface area contributed by atoms with Gasteiger partial charge in [-0.2, -0.15) is 5.10 Å². The van der Waals surface area contributed by atoms with Crippen LogP contribution in [0, 0.1) is 5.41 Å². The normalized spacial score (nSPS) is 15.3. The molecule has 0 amide bonds. The zero-order valence-electron chi connectivity index (χ0n) is 13.8. The molecule has 0 spiro atoms. The number of hydrogen-bond donors (Lipinski definition) is 2. The van der Waals surface area contributed by atoms with E-state index in [0.717, 1.165) is 10.3 Å². The lowest BCUT2D eigenvalue weighted by molar-refractivity contribution is -0.750. The summed E-state index contributed by atoms with van der Waals surface area (Å²) in [6.07, 6.45) is 3.03. The maximum Gasteiger partial charge on any atom is 0.222 e. The molecular formula is C16H23N4O3+. The molecule has 1 aromatic carbocycles.